The lowest BCUT2D eigenvalue weighted by Crippen LogP contribution is -2.30. The molecule has 1 aliphatic rings. The first-order valence-corrected chi connectivity index (χ1v) is 8.69. The Morgan fingerprint density at radius 3 is 2.69 bits per heavy atom. The minimum absolute atomic E-state index is 0.0357. The van der Waals surface area contributed by atoms with E-state index in [1.54, 1.807) is 0 Å². The van der Waals surface area contributed by atoms with E-state index < -0.39 is 34.9 Å². The fourth-order valence-corrected chi connectivity index (χ4v) is 2.83. The van der Waals surface area contributed by atoms with E-state index >= 15 is 0 Å². The topological polar surface area (TPSA) is 126 Å². The van der Waals surface area contributed by atoms with Gasteiger partial charge in [0.25, 0.3) is 11.6 Å². The molecule has 2 heterocycles. The number of nitro groups is 1. The van der Waals surface area contributed by atoms with Gasteiger partial charge in [-0.15, -0.1) is 5.10 Å². The van der Waals surface area contributed by atoms with Crippen LogP contribution in [0.5, 0.6) is 5.75 Å². The zero-order valence-corrected chi connectivity index (χ0v) is 15.0. The first-order chi connectivity index (χ1) is 13.7. The lowest BCUT2D eigenvalue weighted by Gasteiger charge is -2.24. The SMILES string of the molecule is O=C(Nc1nc(N2CCCCC2)n[nH]1)c1cc(OCC(F)(F)F)ccc1[N+](=O)[O-]. The quantitative estimate of drug-likeness (QED) is 0.550. The van der Waals surface area contributed by atoms with Gasteiger partial charge in [-0.3, -0.25) is 20.2 Å². The Morgan fingerprint density at radius 2 is 2.03 bits per heavy atom. The predicted octanol–water partition coefficient (Wildman–Crippen LogP) is 2.90. The molecular formula is C16H17F3N6O4. The molecule has 1 aromatic carbocycles. The second-order valence-electron chi connectivity index (χ2n) is 6.33. The molecule has 2 aromatic rings. The van der Waals surface area contributed by atoms with Crippen molar-refractivity contribution in [1.29, 1.82) is 0 Å². The van der Waals surface area contributed by atoms with Crippen LogP contribution in [0.25, 0.3) is 0 Å². The van der Waals surface area contributed by atoms with Crippen molar-refractivity contribution < 1.29 is 27.6 Å². The number of piperidine rings is 1. The molecule has 0 aliphatic carbocycles. The average molecular weight is 414 g/mol. The van der Waals surface area contributed by atoms with Crippen molar-refractivity contribution in [3.8, 4) is 5.75 Å². The number of aromatic nitrogens is 3. The van der Waals surface area contributed by atoms with Crippen molar-refractivity contribution >= 4 is 23.5 Å². The van der Waals surface area contributed by atoms with Crippen molar-refractivity contribution in [2.45, 2.75) is 25.4 Å². The highest BCUT2D eigenvalue weighted by Crippen LogP contribution is 2.26. The molecule has 1 fully saturated rings. The summed E-state index contributed by atoms with van der Waals surface area (Å²) < 4.78 is 41.5. The summed E-state index contributed by atoms with van der Waals surface area (Å²) in [6, 6.07) is 2.77. The second kappa shape index (κ2) is 8.32. The molecule has 1 saturated heterocycles. The number of benzene rings is 1. The minimum atomic E-state index is -4.59. The molecule has 156 valence electrons. The molecule has 0 radical (unpaired) electrons. The number of nitrogens with zero attached hydrogens (tertiary/aromatic N) is 4. The zero-order chi connectivity index (χ0) is 21.0. The highest BCUT2D eigenvalue weighted by atomic mass is 19.4. The summed E-state index contributed by atoms with van der Waals surface area (Å²) in [6.45, 7) is -0.0439. The monoisotopic (exact) mass is 414 g/mol. The van der Waals surface area contributed by atoms with Crippen LogP contribution in [0.3, 0.4) is 0 Å². The molecule has 0 spiro atoms. The van der Waals surface area contributed by atoms with E-state index in [1.165, 1.54) is 0 Å². The number of nitro benzene ring substituents is 1. The summed E-state index contributed by atoms with van der Waals surface area (Å²) in [5.74, 6) is -0.914. The first-order valence-electron chi connectivity index (χ1n) is 8.69. The lowest BCUT2D eigenvalue weighted by molar-refractivity contribution is -0.385. The molecule has 29 heavy (non-hydrogen) atoms. The number of hydrogen-bond acceptors (Lipinski definition) is 7. The number of nitrogens with one attached hydrogen (secondary N) is 2. The summed E-state index contributed by atoms with van der Waals surface area (Å²) in [5, 5.41) is 20.1. The molecule has 3 rings (SSSR count). The van der Waals surface area contributed by atoms with Crippen LogP contribution in [0.1, 0.15) is 29.6 Å². The number of amides is 1. The summed E-state index contributed by atoms with van der Waals surface area (Å²) in [7, 11) is 0. The number of hydrogen-bond donors (Lipinski definition) is 2. The summed E-state index contributed by atoms with van der Waals surface area (Å²) >= 11 is 0. The van der Waals surface area contributed by atoms with E-state index in [0.717, 1.165) is 50.6 Å². The van der Waals surface area contributed by atoms with Gasteiger partial charge < -0.3 is 9.64 Å². The number of carbonyl (C=O) groups excluding carboxylic acids is 1. The highest BCUT2D eigenvalue weighted by Gasteiger charge is 2.29. The fraction of sp³-hybridized carbons (Fsp3) is 0.438. The number of rotatable bonds is 6. The van der Waals surface area contributed by atoms with E-state index in [-0.39, 0.29) is 11.7 Å². The Kier molecular flexibility index (Phi) is 5.84. The van der Waals surface area contributed by atoms with E-state index in [9.17, 15) is 28.1 Å². The number of aromatic amines is 1. The zero-order valence-electron chi connectivity index (χ0n) is 15.0. The van der Waals surface area contributed by atoms with E-state index in [2.05, 4.69) is 25.2 Å². The average Bonchev–Trinajstić information content (AvgIpc) is 3.14. The summed E-state index contributed by atoms with van der Waals surface area (Å²) in [4.78, 5) is 28.9. The van der Waals surface area contributed by atoms with Crippen molar-refractivity contribution in [3.05, 3.63) is 33.9 Å². The van der Waals surface area contributed by atoms with Crippen LogP contribution in [0.4, 0.5) is 30.8 Å². The minimum Gasteiger partial charge on any atom is -0.484 e. The molecule has 0 atom stereocenters. The Bertz CT molecular complexity index is 895. The van der Waals surface area contributed by atoms with Gasteiger partial charge in [0.1, 0.15) is 11.3 Å². The van der Waals surface area contributed by atoms with Gasteiger partial charge in [0.15, 0.2) is 6.61 Å². The maximum absolute atomic E-state index is 12.5. The van der Waals surface area contributed by atoms with Crippen LogP contribution in [0.15, 0.2) is 18.2 Å². The van der Waals surface area contributed by atoms with Crippen LogP contribution in [-0.4, -0.2) is 51.9 Å². The van der Waals surface area contributed by atoms with Crippen molar-refractivity contribution in [3.63, 3.8) is 0 Å². The number of ether oxygens (including phenoxy) is 1. The van der Waals surface area contributed by atoms with E-state index in [0.29, 0.717) is 5.95 Å². The normalized spacial score (nSPS) is 14.5. The van der Waals surface area contributed by atoms with Crippen LogP contribution < -0.4 is 15.0 Å². The van der Waals surface area contributed by atoms with Gasteiger partial charge in [-0.2, -0.15) is 18.2 Å². The van der Waals surface area contributed by atoms with Crippen molar-refractivity contribution in [2.75, 3.05) is 29.9 Å². The Hall–Kier alpha value is -3.38. The summed E-state index contributed by atoms with van der Waals surface area (Å²) in [5.41, 5.74) is -1.05. The van der Waals surface area contributed by atoms with E-state index in [4.69, 9.17) is 0 Å². The fourth-order valence-electron chi connectivity index (χ4n) is 2.83. The molecule has 2 N–H and O–H groups in total. The van der Waals surface area contributed by atoms with Crippen LogP contribution in [-0.2, 0) is 0 Å². The Morgan fingerprint density at radius 1 is 1.31 bits per heavy atom. The third-order valence-electron chi connectivity index (χ3n) is 4.16. The number of halogens is 3. The molecule has 10 nitrogen and oxygen atoms in total. The molecule has 13 heteroatoms. The third kappa shape index (κ3) is 5.33. The first kappa shape index (κ1) is 20.4. The standard InChI is InChI=1S/C16H17F3N6O4/c17-16(18,19)9-29-10-4-5-12(25(27)28)11(8-10)13(26)20-14-21-15(23-22-14)24-6-2-1-3-7-24/h4-5,8H,1-3,6-7,9H2,(H2,20,21,22,23,26). The van der Waals surface area contributed by atoms with Crippen LogP contribution in [0, 0.1) is 10.1 Å². The molecule has 1 aromatic heterocycles. The molecular weight excluding hydrogens is 397 g/mol. The third-order valence-corrected chi connectivity index (χ3v) is 4.16. The molecule has 0 saturated carbocycles. The number of alkyl halides is 3. The Balaban J connectivity index is 1.76. The van der Waals surface area contributed by atoms with Gasteiger partial charge in [-0.05, 0) is 31.4 Å². The van der Waals surface area contributed by atoms with Gasteiger partial charge in [-0.25, -0.2) is 5.10 Å². The van der Waals surface area contributed by atoms with Crippen molar-refractivity contribution in [1.82, 2.24) is 15.2 Å². The van der Waals surface area contributed by atoms with E-state index in [1.807, 2.05) is 4.90 Å². The van der Waals surface area contributed by atoms with Crippen LogP contribution in [0.2, 0.25) is 0 Å². The maximum Gasteiger partial charge on any atom is 0.422 e. The van der Waals surface area contributed by atoms with Gasteiger partial charge in [0, 0.05) is 19.2 Å². The molecule has 1 amide bonds. The molecule has 0 unspecified atom stereocenters. The smallest absolute Gasteiger partial charge is 0.422 e. The largest absolute Gasteiger partial charge is 0.484 e. The molecule has 0 bridgehead atoms. The number of H-pyrrole nitrogens is 1. The van der Waals surface area contributed by atoms with Gasteiger partial charge in [0.05, 0.1) is 4.92 Å². The second-order valence-corrected chi connectivity index (χ2v) is 6.33. The van der Waals surface area contributed by atoms with Gasteiger partial charge in [0.2, 0.25) is 11.9 Å². The predicted molar refractivity (Wildman–Crippen MR) is 95.0 cm³/mol. The number of carbonyl (C=O) groups is 1. The lowest BCUT2D eigenvalue weighted by atomic mass is 10.1. The van der Waals surface area contributed by atoms with Gasteiger partial charge >= 0.3 is 6.18 Å². The van der Waals surface area contributed by atoms with Gasteiger partial charge in [-0.1, -0.05) is 0 Å². The van der Waals surface area contributed by atoms with Crippen molar-refractivity contribution in [2.24, 2.45) is 0 Å². The maximum atomic E-state index is 12.5. The number of anilines is 2. The molecule has 1 aliphatic heterocycles. The highest BCUT2D eigenvalue weighted by molar-refractivity contribution is 6.06. The Labute approximate surface area is 162 Å². The summed E-state index contributed by atoms with van der Waals surface area (Å²) in [6.07, 6.45) is -1.49. The van der Waals surface area contributed by atoms with Crippen LogP contribution >= 0.6 is 0 Å².